The summed E-state index contributed by atoms with van der Waals surface area (Å²) in [4.78, 5) is 1.44. The van der Waals surface area contributed by atoms with Crippen molar-refractivity contribution in [2.45, 2.75) is 25.7 Å². The van der Waals surface area contributed by atoms with Crippen molar-refractivity contribution < 1.29 is 0 Å². The van der Waals surface area contributed by atoms with Gasteiger partial charge in [-0.15, -0.1) is 11.3 Å². The summed E-state index contributed by atoms with van der Waals surface area (Å²) in [6, 6.07) is 2.35. The average molecular weight is 195 g/mol. The predicted octanol–water partition coefficient (Wildman–Crippen LogP) is 2.55. The fraction of sp³-hybridized carbons (Fsp3) is 0.636. The lowest BCUT2D eigenvalue weighted by atomic mass is 9.98. The van der Waals surface area contributed by atoms with E-state index in [0.29, 0.717) is 5.41 Å². The van der Waals surface area contributed by atoms with Crippen molar-refractivity contribution in [3.05, 3.63) is 21.9 Å². The minimum atomic E-state index is 0.480. The Morgan fingerprint density at radius 1 is 1.69 bits per heavy atom. The lowest BCUT2D eigenvalue weighted by Crippen LogP contribution is -2.15. The van der Waals surface area contributed by atoms with Crippen molar-refractivity contribution in [1.82, 2.24) is 5.32 Å². The quantitative estimate of drug-likeness (QED) is 0.781. The van der Waals surface area contributed by atoms with Gasteiger partial charge in [-0.25, -0.2) is 0 Å². The lowest BCUT2D eigenvalue weighted by Gasteiger charge is -2.08. The van der Waals surface area contributed by atoms with Crippen LogP contribution in [-0.4, -0.2) is 13.6 Å². The first-order chi connectivity index (χ1) is 6.16. The second-order valence-corrected chi connectivity index (χ2v) is 5.44. The molecule has 1 nitrogen and oxygen atoms in total. The lowest BCUT2D eigenvalue weighted by molar-refractivity contribution is 0.618. The second-order valence-electron chi connectivity index (χ2n) is 4.32. The van der Waals surface area contributed by atoms with Gasteiger partial charge >= 0.3 is 0 Å². The van der Waals surface area contributed by atoms with E-state index in [0.717, 1.165) is 12.5 Å². The molecule has 1 aliphatic carbocycles. The van der Waals surface area contributed by atoms with Crippen LogP contribution in [0.15, 0.2) is 11.4 Å². The van der Waals surface area contributed by atoms with Gasteiger partial charge in [0.25, 0.3) is 0 Å². The summed E-state index contributed by atoms with van der Waals surface area (Å²) in [6.07, 6.45) is 1.35. The number of nitrogens with one attached hydrogen (secondary N) is 1. The summed E-state index contributed by atoms with van der Waals surface area (Å²) >= 11 is 1.87. The molecule has 2 atom stereocenters. The standard InChI is InChI=1S/C11H17NS/c1-8-4-9(7-13-8)11(2)5-10(11)6-12-3/h4,7,10,12H,5-6H2,1-3H3. The molecule has 0 spiro atoms. The monoisotopic (exact) mass is 195 g/mol. The Morgan fingerprint density at radius 2 is 2.46 bits per heavy atom. The number of rotatable bonds is 3. The molecule has 1 fully saturated rings. The average Bonchev–Trinajstić information content (AvgIpc) is 2.57. The Labute approximate surface area is 84.2 Å². The van der Waals surface area contributed by atoms with Crippen LogP contribution in [0.25, 0.3) is 0 Å². The minimum Gasteiger partial charge on any atom is -0.319 e. The molecule has 0 saturated heterocycles. The van der Waals surface area contributed by atoms with E-state index in [-0.39, 0.29) is 0 Å². The van der Waals surface area contributed by atoms with Crippen LogP contribution in [0.3, 0.4) is 0 Å². The van der Waals surface area contributed by atoms with Gasteiger partial charge < -0.3 is 5.32 Å². The molecular formula is C11H17NS. The van der Waals surface area contributed by atoms with Crippen LogP contribution in [0.4, 0.5) is 0 Å². The van der Waals surface area contributed by atoms with Crippen molar-refractivity contribution in [3.63, 3.8) is 0 Å². The van der Waals surface area contributed by atoms with Crippen LogP contribution >= 0.6 is 11.3 Å². The first kappa shape index (κ1) is 9.22. The van der Waals surface area contributed by atoms with E-state index in [9.17, 15) is 0 Å². The molecule has 2 rings (SSSR count). The molecule has 1 aliphatic rings. The highest BCUT2D eigenvalue weighted by atomic mass is 32.1. The first-order valence-corrected chi connectivity index (χ1v) is 5.75. The third kappa shape index (κ3) is 1.53. The van der Waals surface area contributed by atoms with E-state index in [1.165, 1.54) is 11.3 Å². The van der Waals surface area contributed by atoms with E-state index >= 15 is 0 Å². The topological polar surface area (TPSA) is 12.0 Å². The highest BCUT2D eigenvalue weighted by Gasteiger charge is 2.50. The van der Waals surface area contributed by atoms with E-state index in [1.807, 2.05) is 18.4 Å². The Bertz CT molecular complexity index is 305. The molecule has 0 aliphatic heterocycles. The highest BCUT2D eigenvalue weighted by molar-refractivity contribution is 7.10. The normalized spacial score (nSPS) is 32.1. The van der Waals surface area contributed by atoms with Crippen LogP contribution in [0.2, 0.25) is 0 Å². The van der Waals surface area contributed by atoms with Gasteiger partial charge in [0, 0.05) is 4.88 Å². The Morgan fingerprint density at radius 3 is 3.00 bits per heavy atom. The maximum atomic E-state index is 3.26. The molecule has 13 heavy (non-hydrogen) atoms. The van der Waals surface area contributed by atoms with Crippen molar-refractivity contribution in [2.75, 3.05) is 13.6 Å². The number of aryl methyl sites for hydroxylation is 1. The fourth-order valence-electron chi connectivity index (χ4n) is 2.09. The first-order valence-electron chi connectivity index (χ1n) is 4.87. The summed E-state index contributed by atoms with van der Waals surface area (Å²) in [7, 11) is 2.04. The van der Waals surface area contributed by atoms with E-state index < -0.39 is 0 Å². The van der Waals surface area contributed by atoms with Crippen LogP contribution in [-0.2, 0) is 5.41 Å². The molecule has 1 N–H and O–H groups in total. The Hall–Kier alpha value is -0.340. The van der Waals surface area contributed by atoms with Gasteiger partial charge in [-0.2, -0.15) is 0 Å². The zero-order valence-electron chi connectivity index (χ0n) is 8.55. The molecule has 0 bridgehead atoms. The molecule has 72 valence electrons. The van der Waals surface area contributed by atoms with Crippen LogP contribution in [0.1, 0.15) is 23.8 Å². The number of hydrogen-bond donors (Lipinski definition) is 1. The van der Waals surface area contributed by atoms with Crippen molar-refractivity contribution in [3.8, 4) is 0 Å². The molecule has 1 aromatic heterocycles. The Kier molecular flexibility index (Phi) is 2.20. The van der Waals surface area contributed by atoms with E-state index in [2.05, 4.69) is 30.6 Å². The van der Waals surface area contributed by atoms with Gasteiger partial charge in [0.15, 0.2) is 0 Å². The Balaban J connectivity index is 2.11. The highest BCUT2D eigenvalue weighted by Crippen LogP contribution is 2.54. The van der Waals surface area contributed by atoms with E-state index in [4.69, 9.17) is 0 Å². The third-order valence-electron chi connectivity index (χ3n) is 3.25. The summed E-state index contributed by atoms with van der Waals surface area (Å²) in [5, 5.41) is 5.59. The molecule has 1 saturated carbocycles. The molecule has 1 aromatic rings. The van der Waals surface area contributed by atoms with Crippen molar-refractivity contribution in [2.24, 2.45) is 5.92 Å². The number of hydrogen-bond acceptors (Lipinski definition) is 2. The molecule has 0 aromatic carbocycles. The summed E-state index contributed by atoms with van der Waals surface area (Å²) in [6.45, 7) is 5.73. The molecule has 1 heterocycles. The van der Waals surface area contributed by atoms with Gasteiger partial charge in [-0.05, 0) is 55.3 Å². The smallest absolute Gasteiger partial charge is 0.00172 e. The summed E-state index contributed by atoms with van der Waals surface area (Å²) in [5.41, 5.74) is 2.03. The molecule has 2 heteroatoms. The fourth-order valence-corrected chi connectivity index (χ4v) is 2.94. The minimum absolute atomic E-state index is 0.480. The number of thiophene rings is 1. The third-order valence-corrected chi connectivity index (χ3v) is 4.11. The van der Waals surface area contributed by atoms with Gasteiger partial charge in [0.05, 0.1) is 0 Å². The second kappa shape index (κ2) is 3.10. The predicted molar refractivity (Wildman–Crippen MR) is 58.4 cm³/mol. The maximum Gasteiger partial charge on any atom is 0.00172 e. The SMILES string of the molecule is CNCC1CC1(C)c1csc(C)c1. The summed E-state index contributed by atoms with van der Waals surface area (Å²) < 4.78 is 0. The van der Waals surface area contributed by atoms with Crippen LogP contribution in [0.5, 0.6) is 0 Å². The maximum absolute atomic E-state index is 3.26. The van der Waals surface area contributed by atoms with Gasteiger partial charge in [0.2, 0.25) is 0 Å². The van der Waals surface area contributed by atoms with Gasteiger partial charge in [-0.3, -0.25) is 0 Å². The van der Waals surface area contributed by atoms with Crippen molar-refractivity contribution >= 4 is 11.3 Å². The summed E-state index contributed by atoms with van der Waals surface area (Å²) in [5.74, 6) is 0.853. The van der Waals surface area contributed by atoms with Gasteiger partial charge in [0.1, 0.15) is 0 Å². The molecule has 0 radical (unpaired) electrons. The molecule has 0 amide bonds. The van der Waals surface area contributed by atoms with Crippen LogP contribution < -0.4 is 5.32 Å². The largest absolute Gasteiger partial charge is 0.319 e. The van der Waals surface area contributed by atoms with Crippen LogP contribution in [0, 0.1) is 12.8 Å². The zero-order chi connectivity index (χ0) is 9.47. The zero-order valence-corrected chi connectivity index (χ0v) is 9.37. The molecule has 2 unspecified atom stereocenters. The molecular weight excluding hydrogens is 178 g/mol. The van der Waals surface area contributed by atoms with Gasteiger partial charge in [-0.1, -0.05) is 6.92 Å². The van der Waals surface area contributed by atoms with E-state index in [1.54, 1.807) is 5.56 Å². The van der Waals surface area contributed by atoms with Crippen molar-refractivity contribution in [1.29, 1.82) is 0 Å².